The fourth-order valence-corrected chi connectivity index (χ4v) is 2.17. The van der Waals surface area contributed by atoms with Crippen LogP contribution in [0.2, 0.25) is 0 Å². The van der Waals surface area contributed by atoms with Crippen LogP contribution in [0.3, 0.4) is 0 Å². The lowest BCUT2D eigenvalue weighted by molar-refractivity contribution is 0.159. The van der Waals surface area contributed by atoms with Crippen molar-refractivity contribution in [1.82, 2.24) is 5.32 Å². The van der Waals surface area contributed by atoms with Gasteiger partial charge in [0.1, 0.15) is 5.75 Å². The van der Waals surface area contributed by atoms with E-state index in [9.17, 15) is 5.11 Å². The average Bonchev–Trinajstić information content (AvgIpc) is 2.67. The minimum atomic E-state index is 0.337. The number of phenolic OH excluding ortho intramolecular Hbond substituents is 1. The van der Waals surface area contributed by atoms with Gasteiger partial charge in [-0.15, -0.1) is 0 Å². The number of nitrogens with one attached hydrogen (secondary N) is 1. The number of hydrogen-bond acceptors (Lipinski definition) is 3. The summed E-state index contributed by atoms with van der Waals surface area (Å²) in [6.45, 7) is 1.80. The second kappa shape index (κ2) is 4.64. The fourth-order valence-electron chi connectivity index (χ4n) is 2.17. The first-order chi connectivity index (χ1) is 7.29. The Bertz CT molecular complexity index is 327. The number of ether oxygens (including phenoxy) is 1. The van der Waals surface area contributed by atoms with Crippen LogP contribution in [0.4, 0.5) is 0 Å². The maximum atomic E-state index is 9.39. The van der Waals surface area contributed by atoms with Crippen LogP contribution in [-0.4, -0.2) is 25.4 Å². The third kappa shape index (κ3) is 2.49. The lowest BCUT2D eigenvalue weighted by Gasteiger charge is -2.11. The number of methoxy groups -OCH3 is 1. The summed E-state index contributed by atoms with van der Waals surface area (Å²) in [6.07, 6.45) is 1.08. The van der Waals surface area contributed by atoms with Crippen LogP contribution in [0.5, 0.6) is 5.75 Å². The van der Waals surface area contributed by atoms with Crippen molar-refractivity contribution in [2.24, 2.45) is 5.92 Å². The zero-order valence-corrected chi connectivity index (χ0v) is 8.94. The second-order valence-corrected chi connectivity index (χ2v) is 4.11. The molecule has 1 heterocycles. The fraction of sp³-hybridized carbons (Fsp3) is 0.500. The van der Waals surface area contributed by atoms with E-state index in [1.807, 2.05) is 18.2 Å². The molecule has 0 radical (unpaired) electrons. The topological polar surface area (TPSA) is 41.5 Å². The van der Waals surface area contributed by atoms with Crippen LogP contribution in [-0.2, 0) is 4.74 Å². The molecule has 0 aromatic heterocycles. The Balaban J connectivity index is 2.01. The molecule has 82 valence electrons. The van der Waals surface area contributed by atoms with E-state index in [2.05, 4.69) is 5.32 Å². The molecule has 3 nitrogen and oxygen atoms in total. The molecule has 2 unspecified atom stereocenters. The van der Waals surface area contributed by atoms with Crippen molar-refractivity contribution in [2.45, 2.75) is 12.5 Å². The molecule has 1 aromatic rings. The zero-order valence-electron chi connectivity index (χ0n) is 8.94. The normalized spacial score (nSPS) is 25.7. The minimum absolute atomic E-state index is 0.337. The molecule has 2 N–H and O–H groups in total. The summed E-state index contributed by atoms with van der Waals surface area (Å²) < 4.78 is 5.14. The molecular weight excluding hydrogens is 190 g/mol. The average molecular weight is 207 g/mol. The van der Waals surface area contributed by atoms with Gasteiger partial charge in [-0.05, 0) is 30.0 Å². The van der Waals surface area contributed by atoms with Gasteiger partial charge in [0.15, 0.2) is 0 Å². The van der Waals surface area contributed by atoms with Gasteiger partial charge in [-0.2, -0.15) is 0 Å². The Morgan fingerprint density at radius 3 is 3.13 bits per heavy atom. The van der Waals surface area contributed by atoms with Crippen molar-refractivity contribution in [3.05, 3.63) is 29.8 Å². The SMILES string of the molecule is COCC1CNC(c2cccc(O)c2)C1. The highest BCUT2D eigenvalue weighted by Gasteiger charge is 2.24. The summed E-state index contributed by atoms with van der Waals surface area (Å²) in [7, 11) is 1.74. The van der Waals surface area contributed by atoms with Gasteiger partial charge in [0.25, 0.3) is 0 Å². The van der Waals surface area contributed by atoms with Crippen molar-refractivity contribution < 1.29 is 9.84 Å². The zero-order chi connectivity index (χ0) is 10.7. The molecule has 1 saturated heterocycles. The Morgan fingerprint density at radius 1 is 1.53 bits per heavy atom. The van der Waals surface area contributed by atoms with E-state index in [-0.39, 0.29) is 0 Å². The van der Waals surface area contributed by atoms with E-state index < -0.39 is 0 Å². The Labute approximate surface area is 90.1 Å². The van der Waals surface area contributed by atoms with E-state index in [4.69, 9.17) is 4.74 Å². The molecule has 1 aromatic carbocycles. The lowest BCUT2D eigenvalue weighted by atomic mass is 10.0. The van der Waals surface area contributed by atoms with Crippen LogP contribution in [0.15, 0.2) is 24.3 Å². The molecule has 2 atom stereocenters. The summed E-state index contributed by atoms with van der Waals surface area (Å²) in [5, 5.41) is 12.8. The van der Waals surface area contributed by atoms with Crippen molar-refractivity contribution in [3.8, 4) is 5.75 Å². The molecule has 3 heteroatoms. The van der Waals surface area contributed by atoms with Crippen LogP contribution in [0.25, 0.3) is 0 Å². The van der Waals surface area contributed by atoms with E-state index in [1.54, 1.807) is 13.2 Å². The number of phenols is 1. The monoisotopic (exact) mass is 207 g/mol. The van der Waals surface area contributed by atoms with E-state index >= 15 is 0 Å². The van der Waals surface area contributed by atoms with Crippen LogP contribution < -0.4 is 5.32 Å². The first-order valence-corrected chi connectivity index (χ1v) is 5.31. The van der Waals surface area contributed by atoms with E-state index in [1.165, 1.54) is 0 Å². The molecule has 0 amide bonds. The Kier molecular flexibility index (Phi) is 3.23. The summed E-state index contributed by atoms with van der Waals surface area (Å²) >= 11 is 0. The molecule has 1 aliphatic heterocycles. The highest BCUT2D eigenvalue weighted by atomic mass is 16.5. The molecule has 2 rings (SSSR count). The van der Waals surface area contributed by atoms with E-state index in [0.29, 0.717) is 17.7 Å². The van der Waals surface area contributed by atoms with Gasteiger partial charge in [0, 0.05) is 19.7 Å². The van der Waals surface area contributed by atoms with Gasteiger partial charge in [-0.25, -0.2) is 0 Å². The van der Waals surface area contributed by atoms with Crippen LogP contribution >= 0.6 is 0 Å². The van der Waals surface area contributed by atoms with Crippen molar-refractivity contribution >= 4 is 0 Å². The highest BCUT2D eigenvalue weighted by Crippen LogP contribution is 2.28. The van der Waals surface area contributed by atoms with Gasteiger partial charge >= 0.3 is 0 Å². The molecule has 1 fully saturated rings. The highest BCUT2D eigenvalue weighted by molar-refractivity contribution is 5.29. The number of rotatable bonds is 3. The molecule has 0 saturated carbocycles. The summed E-state index contributed by atoms with van der Waals surface area (Å²) in [6, 6.07) is 7.82. The smallest absolute Gasteiger partial charge is 0.115 e. The van der Waals surface area contributed by atoms with Gasteiger partial charge in [-0.1, -0.05) is 12.1 Å². The standard InChI is InChI=1S/C12H17NO2/c1-15-8-9-5-12(13-7-9)10-3-2-4-11(14)6-10/h2-4,6,9,12-14H,5,7-8H2,1H3. The Morgan fingerprint density at radius 2 is 2.40 bits per heavy atom. The largest absolute Gasteiger partial charge is 0.508 e. The second-order valence-electron chi connectivity index (χ2n) is 4.11. The molecule has 0 aliphatic carbocycles. The quantitative estimate of drug-likeness (QED) is 0.792. The molecule has 1 aliphatic rings. The number of benzene rings is 1. The third-order valence-electron chi connectivity index (χ3n) is 2.90. The van der Waals surface area contributed by atoms with Crippen molar-refractivity contribution in [2.75, 3.05) is 20.3 Å². The summed E-state index contributed by atoms with van der Waals surface area (Å²) in [4.78, 5) is 0. The van der Waals surface area contributed by atoms with Crippen molar-refractivity contribution in [1.29, 1.82) is 0 Å². The van der Waals surface area contributed by atoms with Crippen LogP contribution in [0, 0.1) is 5.92 Å². The van der Waals surface area contributed by atoms with Gasteiger partial charge in [0.2, 0.25) is 0 Å². The maximum Gasteiger partial charge on any atom is 0.115 e. The predicted octanol–water partition coefficient (Wildman–Crippen LogP) is 1.69. The minimum Gasteiger partial charge on any atom is -0.508 e. The maximum absolute atomic E-state index is 9.39. The summed E-state index contributed by atoms with van der Waals surface area (Å²) in [5.41, 5.74) is 1.16. The van der Waals surface area contributed by atoms with Gasteiger partial charge in [0.05, 0.1) is 6.61 Å². The third-order valence-corrected chi connectivity index (χ3v) is 2.90. The van der Waals surface area contributed by atoms with Gasteiger partial charge < -0.3 is 15.2 Å². The summed E-state index contributed by atoms with van der Waals surface area (Å²) in [5.74, 6) is 0.923. The lowest BCUT2D eigenvalue weighted by Crippen LogP contribution is -2.14. The first-order valence-electron chi connectivity index (χ1n) is 5.31. The Hall–Kier alpha value is -1.06. The van der Waals surface area contributed by atoms with Crippen LogP contribution in [0.1, 0.15) is 18.0 Å². The molecule has 0 bridgehead atoms. The number of hydrogen-bond donors (Lipinski definition) is 2. The molecule has 15 heavy (non-hydrogen) atoms. The van der Waals surface area contributed by atoms with Crippen molar-refractivity contribution in [3.63, 3.8) is 0 Å². The van der Waals surface area contributed by atoms with Gasteiger partial charge in [-0.3, -0.25) is 0 Å². The number of aromatic hydroxyl groups is 1. The predicted molar refractivity (Wildman–Crippen MR) is 58.8 cm³/mol. The first kappa shape index (κ1) is 10.5. The molecular formula is C12H17NO2. The molecule has 0 spiro atoms. The van der Waals surface area contributed by atoms with E-state index in [0.717, 1.165) is 25.1 Å².